The minimum atomic E-state index is 0.260. The van der Waals surface area contributed by atoms with E-state index in [9.17, 15) is 0 Å². The summed E-state index contributed by atoms with van der Waals surface area (Å²) in [5.41, 5.74) is 3.52. The molecule has 0 saturated heterocycles. The van der Waals surface area contributed by atoms with E-state index in [1.807, 2.05) is 16.8 Å². The van der Waals surface area contributed by atoms with Gasteiger partial charge in [-0.15, -0.1) is 0 Å². The molecule has 1 aromatic carbocycles. The second-order valence-electron chi connectivity index (χ2n) is 5.32. The van der Waals surface area contributed by atoms with Crippen LogP contribution in [0.2, 0.25) is 0 Å². The Morgan fingerprint density at radius 1 is 1.33 bits per heavy atom. The Hall–Kier alpha value is -2.01. The highest BCUT2D eigenvalue weighted by Crippen LogP contribution is 2.32. The van der Waals surface area contributed by atoms with Gasteiger partial charge in [0.25, 0.3) is 0 Å². The molecule has 0 saturated carbocycles. The first-order valence-corrected chi connectivity index (χ1v) is 7.33. The summed E-state index contributed by atoms with van der Waals surface area (Å²) in [4.78, 5) is 0. The Morgan fingerprint density at radius 2 is 2.14 bits per heavy atom. The molecular weight excluding hydrogens is 266 g/mol. The Balaban J connectivity index is 1.65. The number of rotatable bonds is 5. The third-order valence-corrected chi connectivity index (χ3v) is 3.82. The zero-order chi connectivity index (χ0) is 14.8. The van der Waals surface area contributed by atoms with Crippen molar-refractivity contribution in [3.05, 3.63) is 41.2 Å². The summed E-state index contributed by atoms with van der Waals surface area (Å²) in [7, 11) is 0. The molecule has 1 aliphatic rings. The first kappa shape index (κ1) is 13.9. The molecular formula is C16H21N3O2. The third kappa shape index (κ3) is 2.88. The highest BCUT2D eigenvalue weighted by molar-refractivity contribution is 5.44. The molecule has 0 spiro atoms. The molecule has 1 aromatic heterocycles. The molecule has 1 aliphatic heterocycles. The van der Waals surface area contributed by atoms with E-state index in [4.69, 9.17) is 9.47 Å². The monoisotopic (exact) mass is 287 g/mol. The van der Waals surface area contributed by atoms with Crippen LogP contribution in [0, 0.1) is 6.92 Å². The standard InChI is InChI=1S/C16H21N3O2/c1-4-19-9-14(12(3)18-19)11(2)17-8-13-5-6-15-16(7-13)21-10-20-15/h5-7,9,11,17H,4,8,10H2,1-3H3. The fourth-order valence-electron chi connectivity index (χ4n) is 2.55. The van der Waals surface area contributed by atoms with Crippen molar-refractivity contribution < 1.29 is 9.47 Å². The van der Waals surface area contributed by atoms with Gasteiger partial charge in [0.05, 0.1) is 5.69 Å². The quantitative estimate of drug-likeness (QED) is 0.918. The highest BCUT2D eigenvalue weighted by atomic mass is 16.7. The van der Waals surface area contributed by atoms with Crippen LogP contribution in [-0.2, 0) is 13.1 Å². The molecule has 3 rings (SSSR count). The summed E-state index contributed by atoms with van der Waals surface area (Å²) in [6.07, 6.45) is 2.12. The van der Waals surface area contributed by atoms with Gasteiger partial charge in [-0.25, -0.2) is 0 Å². The molecule has 21 heavy (non-hydrogen) atoms. The van der Waals surface area contributed by atoms with Crippen molar-refractivity contribution in [2.45, 2.75) is 39.9 Å². The van der Waals surface area contributed by atoms with Crippen LogP contribution >= 0.6 is 0 Å². The fourth-order valence-corrected chi connectivity index (χ4v) is 2.55. The molecule has 5 heteroatoms. The van der Waals surface area contributed by atoms with E-state index in [0.717, 1.165) is 30.3 Å². The number of aryl methyl sites for hydroxylation is 2. The zero-order valence-corrected chi connectivity index (χ0v) is 12.7. The SMILES string of the molecule is CCn1cc(C(C)NCc2ccc3c(c2)OCO3)c(C)n1. The number of ether oxygens (including phenoxy) is 2. The topological polar surface area (TPSA) is 48.3 Å². The van der Waals surface area contributed by atoms with E-state index >= 15 is 0 Å². The predicted octanol–water partition coefficient (Wildman–Crippen LogP) is 2.79. The van der Waals surface area contributed by atoms with E-state index in [1.165, 1.54) is 11.1 Å². The average Bonchev–Trinajstić information content (AvgIpc) is 3.10. The van der Waals surface area contributed by atoms with Crippen molar-refractivity contribution >= 4 is 0 Å². The van der Waals surface area contributed by atoms with Crippen molar-refractivity contribution in [3.8, 4) is 11.5 Å². The summed E-state index contributed by atoms with van der Waals surface area (Å²) in [6.45, 7) is 8.32. The van der Waals surface area contributed by atoms with Crippen LogP contribution in [0.25, 0.3) is 0 Å². The second kappa shape index (κ2) is 5.77. The first-order valence-electron chi connectivity index (χ1n) is 7.33. The smallest absolute Gasteiger partial charge is 0.231 e. The van der Waals surface area contributed by atoms with Crippen molar-refractivity contribution in [1.82, 2.24) is 15.1 Å². The molecule has 2 heterocycles. The Kier molecular flexibility index (Phi) is 3.84. The van der Waals surface area contributed by atoms with Gasteiger partial charge in [0.15, 0.2) is 11.5 Å². The highest BCUT2D eigenvalue weighted by Gasteiger charge is 2.15. The molecule has 0 radical (unpaired) electrons. The maximum atomic E-state index is 5.40. The van der Waals surface area contributed by atoms with Crippen LogP contribution in [0.15, 0.2) is 24.4 Å². The molecule has 0 aliphatic carbocycles. The maximum absolute atomic E-state index is 5.40. The summed E-state index contributed by atoms with van der Waals surface area (Å²) in [5.74, 6) is 1.66. The average molecular weight is 287 g/mol. The lowest BCUT2D eigenvalue weighted by atomic mass is 10.1. The van der Waals surface area contributed by atoms with Crippen LogP contribution in [0.4, 0.5) is 0 Å². The van der Waals surface area contributed by atoms with Crippen molar-refractivity contribution in [2.24, 2.45) is 0 Å². The zero-order valence-electron chi connectivity index (χ0n) is 12.7. The Labute approximate surface area is 124 Å². The number of aromatic nitrogens is 2. The van der Waals surface area contributed by atoms with Crippen molar-refractivity contribution in [3.63, 3.8) is 0 Å². The summed E-state index contributed by atoms with van der Waals surface area (Å²) >= 11 is 0. The lowest BCUT2D eigenvalue weighted by Crippen LogP contribution is -2.18. The van der Waals surface area contributed by atoms with Crippen LogP contribution in [0.3, 0.4) is 0 Å². The lowest BCUT2D eigenvalue weighted by Gasteiger charge is -2.13. The summed E-state index contributed by atoms with van der Waals surface area (Å²) in [5, 5.41) is 8.03. The van der Waals surface area contributed by atoms with Crippen LogP contribution in [0.1, 0.15) is 36.7 Å². The Morgan fingerprint density at radius 3 is 2.90 bits per heavy atom. The van der Waals surface area contributed by atoms with Crippen molar-refractivity contribution in [1.29, 1.82) is 0 Å². The number of nitrogens with zero attached hydrogens (tertiary/aromatic N) is 2. The minimum absolute atomic E-state index is 0.260. The summed E-state index contributed by atoms with van der Waals surface area (Å²) in [6, 6.07) is 6.32. The van der Waals surface area contributed by atoms with Gasteiger partial charge >= 0.3 is 0 Å². The molecule has 2 aromatic rings. The van der Waals surface area contributed by atoms with Gasteiger partial charge in [-0.3, -0.25) is 4.68 Å². The van der Waals surface area contributed by atoms with Crippen LogP contribution in [0.5, 0.6) is 11.5 Å². The lowest BCUT2D eigenvalue weighted by molar-refractivity contribution is 0.174. The molecule has 1 atom stereocenters. The molecule has 0 bridgehead atoms. The number of fused-ring (bicyclic) bond motifs is 1. The molecule has 112 valence electrons. The van der Waals surface area contributed by atoms with Gasteiger partial charge < -0.3 is 14.8 Å². The first-order chi connectivity index (χ1) is 10.2. The molecule has 1 N–H and O–H groups in total. The van der Waals surface area contributed by atoms with E-state index in [0.29, 0.717) is 6.79 Å². The fraction of sp³-hybridized carbons (Fsp3) is 0.438. The molecule has 5 nitrogen and oxygen atoms in total. The van der Waals surface area contributed by atoms with E-state index in [1.54, 1.807) is 0 Å². The molecule has 0 fully saturated rings. The van der Waals surface area contributed by atoms with E-state index < -0.39 is 0 Å². The van der Waals surface area contributed by atoms with Gasteiger partial charge in [0.2, 0.25) is 6.79 Å². The summed E-state index contributed by atoms with van der Waals surface area (Å²) < 4.78 is 12.7. The van der Waals surface area contributed by atoms with E-state index in [2.05, 4.69) is 43.4 Å². The van der Waals surface area contributed by atoms with E-state index in [-0.39, 0.29) is 6.04 Å². The predicted molar refractivity (Wildman–Crippen MR) is 80.5 cm³/mol. The number of nitrogens with one attached hydrogen (secondary N) is 1. The Bertz CT molecular complexity index is 636. The second-order valence-corrected chi connectivity index (χ2v) is 5.32. The van der Waals surface area contributed by atoms with Crippen LogP contribution < -0.4 is 14.8 Å². The van der Waals surface area contributed by atoms with Gasteiger partial charge in [0.1, 0.15) is 0 Å². The molecule has 0 amide bonds. The third-order valence-electron chi connectivity index (χ3n) is 3.82. The van der Waals surface area contributed by atoms with Gasteiger partial charge in [-0.2, -0.15) is 5.10 Å². The van der Waals surface area contributed by atoms with Crippen LogP contribution in [-0.4, -0.2) is 16.6 Å². The maximum Gasteiger partial charge on any atom is 0.231 e. The number of hydrogen-bond donors (Lipinski definition) is 1. The van der Waals surface area contributed by atoms with Gasteiger partial charge in [-0.1, -0.05) is 6.07 Å². The number of benzene rings is 1. The van der Waals surface area contributed by atoms with Crippen molar-refractivity contribution in [2.75, 3.05) is 6.79 Å². The minimum Gasteiger partial charge on any atom is -0.454 e. The normalized spacial score (nSPS) is 14.4. The number of hydrogen-bond acceptors (Lipinski definition) is 4. The molecule has 1 unspecified atom stereocenters. The van der Waals surface area contributed by atoms with Gasteiger partial charge in [0, 0.05) is 30.9 Å². The largest absolute Gasteiger partial charge is 0.454 e. The van der Waals surface area contributed by atoms with Gasteiger partial charge in [-0.05, 0) is 38.5 Å².